The number of methoxy groups -OCH3 is 2. The van der Waals surface area contributed by atoms with Gasteiger partial charge in [0.1, 0.15) is 0 Å². The number of hydrogen-bond donors (Lipinski definition) is 1. The first kappa shape index (κ1) is 19.9. The molecule has 23 heavy (non-hydrogen) atoms. The number of benzene rings is 1. The molecule has 0 aliphatic carbocycles. The van der Waals surface area contributed by atoms with Crippen LogP contribution in [0.25, 0.3) is 0 Å². The van der Waals surface area contributed by atoms with Crippen molar-refractivity contribution in [1.82, 2.24) is 4.90 Å². The van der Waals surface area contributed by atoms with E-state index in [1.54, 1.807) is 26.0 Å². The predicted octanol–water partition coefficient (Wildman–Crippen LogP) is 2.56. The van der Waals surface area contributed by atoms with Crippen molar-refractivity contribution in [3.8, 4) is 11.5 Å². The van der Waals surface area contributed by atoms with E-state index in [0.717, 1.165) is 36.6 Å². The Morgan fingerprint density at radius 3 is 2.52 bits per heavy atom. The van der Waals surface area contributed by atoms with Crippen LogP contribution >= 0.6 is 24.2 Å². The first-order valence-electron chi connectivity index (χ1n) is 7.52. The SMILES string of the molecule is COc1ccc(SCCC(=O)N2CCC(N)CC2)cc1OC.Cl. The van der Waals surface area contributed by atoms with Crippen molar-refractivity contribution in [2.75, 3.05) is 33.1 Å². The molecule has 0 atom stereocenters. The molecule has 0 aromatic heterocycles. The number of amides is 1. The number of nitrogens with zero attached hydrogens (tertiary/aromatic N) is 1. The summed E-state index contributed by atoms with van der Waals surface area (Å²) in [4.78, 5) is 15.1. The zero-order valence-corrected chi connectivity index (χ0v) is 15.3. The summed E-state index contributed by atoms with van der Waals surface area (Å²) in [6.07, 6.45) is 2.37. The zero-order chi connectivity index (χ0) is 15.9. The minimum atomic E-state index is 0. The van der Waals surface area contributed by atoms with Crippen LogP contribution < -0.4 is 15.2 Å². The van der Waals surface area contributed by atoms with E-state index in [4.69, 9.17) is 15.2 Å². The lowest BCUT2D eigenvalue weighted by atomic mass is 10.1. The third-order valence-electron chi connectivity index (χ3n) is 3.83. The van der Waals surface area contributed by atoms with Gasteiger partial charge in [0.25, 0.3) is 0 Å². The van der Waals surface area contributed by atoms with Gasteiger partial charge < -0.3 is 20.1 Å². The third-order valence-corrected chi connectivity index (χ3v) is 4.83. The molecule has 130 valence electrons. The van der Waals surface area contributed by atoms with Crippen molar-refractivity contribution in [2.24, 2.45) is 5.73 Å². The molecule has 0 unspecified atom stereocenters. The maximum atomic E-state index is 12.1. The minimum Gasteiger partial charge on any atom is -0.493 e. The Kier molecular flexibility index (Phi) is 8.58. The normalized spacial score (nSPS) is 15.0. The molecule has 1 saturated heterocycles. The standard InChI is InChI=1S/C16H24N2O3S.ClH/c1-20-14-4-3-13(11-15(14)21-2)22-10-7-16(19)18-8-5-12(17)6-9-18;/h3-4,11-12H,5-10,17H2,1-2H3;1H. The average molecular weight is 361 g/mol. The quantitative estimate of drug-likeness (QED) is 0.790. The average Bonchev–Trinajstić information content (AvgIpc) is 2.55. The molecule has 1 aromatic carbocycles. The second-order valence-electron chi connectivity index (χ2n) is 5.33. The highest BCUT2D eigenvalue weighted by atomic mass is 35.5. The Hall–Kier alpha value is -1.11. The largest absolute Gasteiger partial charge is 0.493 e. The van der Waals surface area contributed by atoms with Gasteiger partial charge in [-0.25, -0.2) is 0 Å². The van der Waals surface area contributed by atoms with Crippen LogP contribution in [0.1, 0.15) is 19.3 Å². The van der Waals surface area contributed by atoms with Gasteiger partial charge in [-0.1, -0.05) is 0 Å². The molecule has 1 aromatic rings. The van der Waals surface area contributed by atoms with Crippen molar-refractivity contribution in [3.05, 3.63) is 18.2 Å². The Morgan fingerprint density at radius 2 is 1.91 bits per heavy atom. The number of ether oxygens (including phenoxy) is 2. The molecule has 0 radical (unpaired) electrons. The van der Waals surface area contributed by atoms with Gasteiger partial charge in [0, 0.05) is 36.2 Å². The van der Waals surface area contributed by atoms with Crippen LogP contribution in [0.2, 0.25) is 0 Å². The van der Waals surface area contributed by atoms with E-state index in [-0.39, 0.29) is 24.4 Å². The summed E-state index contributed by atoms with van der Waals surface area (Å²) in [5, 5.41) is 0. The molecule has 2 rings (SSSR count). The van der Waals surface area contributed by atoms with E-state index in [9.17, 15) is 4.79 Å². The second-order valence-corrected chi connectivity index (χ2v) is 6.50. The Labute approximate surface area is 148 Å². The number of rotatable bonds is 6. The van der Waals surface area contributed by atoms with Gasteiger partial charge in [-0.3, -0.25) is 4.79 Å². The van der Waals surface area contributed by atoms with E-state index < -0.39 is 0 Å². The summed E-state index contributed by atoms with van der Waals surface area (Å²) in [5.41, 5.74) is 5.86. The topological polar surface area (TPSA) is 64.8 Å². The highest BCUT2D eigenvalue weighted by Crippen LogP contribution is 2.32. The Bertz CT molecular complexity index is 508. The van der Waals surface area contributed by atoms with Crippen LogP contribution in [0.4, 0.5) is 0 Å². The molecular formula is C16H25ClN2O3S. The van der Waals surface area contributed by atoms with Gasteiger partial charge in [-0.2, -0.15) is 0 Å². The molecule has 1 aliphatic rings. The molecule has 1 fully saturated rings. The lowest BCUT2D eigenvalue weighted by Crippen LogP contribution is -2.42. The molecule has 1 heterocycles. The Balaban J connectivity index is 0.00000264. The number of likely N-dealkylation sites (tertiary alicyclic amines) is 1. The second kappa shape index (κ2) is 9.90. The lowest BCUT2D eigenvalue weighted by Gasteiger charge is -2.30. The van der Waals surface area contributed by atoms with Crippen molar-refractivity contribution in [2.45, 2.75) is 30.2 Å². The van der Waals surface area contributed by atoms with Crippen molar-refractivity contribution >= 4 is 30.1 Å². The number of nitrogens with two attached hydrogens (primary N) is 1. The minimum absolute atomic E-state index is 0. The summed E-state index contributed by atoms with van der Waals surface area (Å²) in [6.45, 7) is 1.59. The molecule has 0 saturated carbocycles. The van der Waals surface area contributed by atoms with Crippen LogP contribution in [0, 0.1) is 0 Å². The highest BCUT2D eigenvalue weighted by Gasteiger charge is 2.20. The van der Waals surface area contributed by atoms with E-state index in [1.165, 1.54) is 0 Å². The number of thioether (sulfide) groups is 1. The van der Waals surface area contributed by atoms with Gasteiger partial charge in [-0.15, -0.1) is 24.2 Å². The maximum absolute atomic E-state index is 12.1. The van der Waals surface area contributed by atoms with Crippen LogP contribution in [0.15, 0.2) is 23.1 Å². The van der Waals surface area contributed by atoms with Gasteiger partial charge in [0.15, 0.2) is 11.5 Å². The highest BCUT2D eigenvalue weighted by molar-refractivity contribution is 7.99. The number of carbonyl (C=O) groups excluding carboxylic acids is 1. The summed E-state index contributed by atoms with van der Waals surface area (Å²) in [7, 11) is 3.24. The fraction of sp³-hybridized carbons (Fsp3) is 0.562. The summed E-state index contributed by atoms with van der Waals surface area (Å²) in [5.74, 6) is 2.41. The van der Waals surface area contributed by atoms with E-state index >= 15 is 0 Å². The van der Waals surface area contributed by atoms with Crippen molar-refractivity contribution in [3.63, 3.8) is 0 Å². The van der Waals surface area contributed by atoms with Gasteiger partial charge in [0.05, 0.1) is 14.2 Å². The van der Waals surface area contributed by atoms with Crippen LogP contribution in [-0.4, -0.2) is 49.9 Å². The van der Waals surface area contributed by atoms with Crippen LogP contribution in [0.5, 0.6) is 11.5 Å². The van der Waals surface area contributed by atoms with Crippen molar-refractivity contribution in [1.29, 1.82) is 0 Å². The van der Waals surface area contributed by atoms with E-state index in [2.05, 4.69) is 0 Å². The summed E-state index contributed by atoms with van der Waals surface area (Å²) >= 11 is 1.65. The monoisotopic (exact) mass is 360 g/mol. The molecule has 7 heteroatoms. The molecule has 1 amide bonds. The fourth-order valence-corrected chi connectivity index (χ4v) is 3.34. The number of carbonyl (C=O) groups is 1. The van der Waals surface area contributed by atoms with Gasteiger partial charge in [0.2, 0.25) is 5.91 Å². The first-order valence-corrected chi connectivity index (χ1v) is 8.50. The molecule has 0 bridgehead atoms. The molecule has 1 aliphatic heterocycles. The first-order chi connectivity index (χ1) is 10.6. The summed E-state index contributed by atoms with van der Waals surface area (Å²) in [6, 6.07) is 6.06. The number of halogens is 1. The molecule has 0 spiro atoms. The van der Waals surface area contributed by atoms with Crippen LogP contribution in [-0.2, 0) is 4.79 Å². The van der Waals surface area contributed by atoms with Gasteiger partial charge in [-0.05, 0) is 31.0 Å². The molecular weight excluding hydrogens is 336 g/mol. The smallest absolute Gasteiger partial charge is 0.223 e. The number of hydrogen-bond acceptors (Lipinski definition) is 5. The third kappa shape index (κ3) is 5.79. The lowest BCUT2D eigenvalue weighted by molar-refractivity contribution is -0.131. The maximum Gasteiger partial charge on any atom is 0.223 e. The zero-order valence-electron chi connectivity index (χ0n) is 13.6. The van der Waals surface area contributed by atoms with E-state index in [0.29, 0.717) is 17.9 Å². The summed E-state index contributed by atoms with van der Waals surface area (Å²) < 4.78 is 10.5. The molecule has 2 N–H and O–H groups in total. The Morgan fingerprint density at radius 1 is 1.26 bits per heavy atom. The van der Waals surface area contributed by atoms with E-state index in [1.807, 2.05) is 23.1 Å². The van der Waals surface area contributed by atoms with Gasteiger partial charge >= 0.3 is 0 Å². The van der Waals surface area contributed by atoms with Crippen molar-refractivity contribution < 1.29 is 14.3 Å². The molecule has 5 nitrogen and oxygen atoms in total. The van der Waals surface area contributed by atoms with Crippen LogP contribution in [0.3, 0.4) is 0 Å². The fourth-order valence-electron chi connectivity index (χ4n) is 2.47. The number of piperidine rings is 1. The predicted molar refractivity (Wildman–Crippen MR) is 95.9 cm³/mol.